The highest BCUT2D eigenvalue weighted by atomic mass is 32.1. The van der Waals surface area contributed by atoms with Crippen LogP contribution < -0.4 is 11.1 Å². The van der Waals surface area contributed by atoms with Crippen LogP contribution in [0.15, 0.2) is 54.6 Å². The molecular weight excluding hydrogens is 378 g/mol. The van der Waals surface area contributed by atoms with Crippen LogP contribution in [0.4, 0.5) is 10.7 Å². The van der Waals surface area contributed by atoms with Crippen LogP contribution in [0.25, 0.3) is 0 Å². The highest BCUT2D eigenvalue weighted by molar-refractivity contribution is 7.17. The number of hydrogen-bond acceptors (Lipinski definition) is 5. The zero-order valence-corrected chi connectivity index (χ0v) is 15.8. The van der Waals surface area contributed by atoms with Crippen molar-refractivity contribution in [1.29, 1.82) is 0 Å². The molecule has 2 amide bonds. The Bertz CT molecular complexity index is 1060. The van der Waals surface area contributed by atoms with Crippen LogP contribution in [-0.4, -0.2) is 16.7 Å². The number of anilines is 1. The molecule has 28 heavy (non-hydrogen) atoms. The molecule has 2 aromatic carbocycles. The first-order valence-electron chi connectivity index (χ1n) is 8.39. The lowest BCUT2D eigenvalue weighted by atomic mass is 10.1. The van der Waals surface area contributed by atoms with Crippen LogP contribution >= 0.6 is 11.3 Å². The van der Waals surface area contributed by atoms with E-state index in [9.17, 15) is 19.7 Å². The lowest BCUT2D eigenvalue weighted by Crippen LogP contribution is -2.18. The third kappa shape index (κ3) is 3.91. The second-order valence-electron chi connectivity index (χ2n) is 6.11. The molecule has 0 bridgehead atoms. The Morgan fingerprint density at radius 3 is 2.39 bits per heavy atom. The Kier molecular flexibility index (Phi) is 5.51. The Morgan fingerprint density at radius 2 is 1.75 bits per heavy atom. The molecule has 1 heterocycles. The van der Waals surface area contributed by atoms with E-state index in [0.717, 1.165) is 10.4 Å². The number of carbonyl (C=O) groups is 2. The Balaban J connectivity index is 1.96. The number of nitro groups is 1. The van der Waals surface area contributed by atoms with Gasteiger partial charge in [-0.1, -0.05) is 42.5 Å². The second-order valence-corrected chi connectivity index (χ2v) is 7.21. The molecule has 3 N–H and O–H groups in total. The van der Waals surface area contributed by atoms with E-state index in [4.69, 9.17) is 5.73 Å². The fourth-order valence-corrected chi connectivity index (χ4v) is 4.13. The summed E-state index contributed by atoms with van der Waals surface area (Å²) in [5, 5.41) is 14.1. The summed E-state index contributed by atoms with van der Waals surface area (Å²) < 4.78 is 0. The molecular formula is C20H17N3O4S. The van der Waals surface area contributed by atoms with Gasteiger partial charge < -0.3 is 11.1 Å². The van der Waals surface area contributed by atoms with E-state index >= 15 is 0 Å². The van der Waals surface area contributed by atoms with Crippen LogP contribution in [0.2, 0.25) is 0 Å². The molecule has 0 atom stereocenters. The Labute approximate surface area is 165 Å². The molecule has 0 aliphatic carbocycles. The molecule has 1 aromatic heterocycles. The molecule has 0 spiro atoms. The minimum absolute atomic E-state index is 0.0846. The molecule has 0 aliphatic heterocycles. The summed E-state index contributed by atoms with van der Waals surface area (Å²) >= 11 is 1.24. The molecule has 0 saturated heterocycles. The van der Waals surface area contributed by atoms with Gasteiger partial charge in [-0.25, -0.2) is 0 Å². The minimum atomic E-state index is -0.665. The van der Waals surface area contributed by atoms with Crippen molar-refractivity contribution in [1.82, 2.24) is 0 Å². The maximum Gasteiger partial charge on any atom is 0.282 e. The van der Waals surface area contributed by atoms with Gasteiger partial charge >= 0.3 is 0 Å². The van der Waals surface area contributed by atoms with E-state index in [1.165, 1.54) is 35.6 Å². The fraction of sp³-hybridized carbons (Fsp3) is 0.100. The molecule has 8 heteroatoms. The van der Waals surface area contributed by atoms with Crippen molar-refractivity contribution in [2.24, 2.45) is 5.73 Å². The normalized spacial score (nSPS) is 10.5. The van der Waals surface area contributed by atoms with Crippen molar-refractivity contribution in [3.63, 3.8) is 0 Å². The maximum absolute atomic E-state index is 12.6. The zero-order chi connectivity index (χ0) is 20.3. The van der Waals surface area contributed by atoms with Crippen molar-refractivity contribution in [3.05, 3.63) is 91.8 Å². The van der Waals surface area contributed by atoms with Crippen molar-refractivity contribution < 1.29 is 14.5 Å². The number of rotatable bonds is 6. The number of amides is 2. The number of para-hydroxylation sites is 1. The molecule has 0 radical (unpaired) electrons. The number of primary amides is 1. The van der Waals surface area contributed by atoms with E-state index < -0.39 is 16.7 Å². The first-order chi connectivity index (χ1) is 13.4. The number of nitro benzene ring substituents is 1. The second kappa shape index (κ2) is 8.01. The van der Waals surface area contributed by atoms with Gasteiger partial charge in [0.05, 0.1) is 10.5 Å². The number of thiophene rings is 1. The lowest BCUT2D eigenvalue weighted by molar-refractivity contribution is -0.385. The monoisotopic (exact) mass is 395 g/mol. The Hall–Kier alpha value is -3.52. The molecule has 0 aliphatic rings. The number of hydrogen-bond donors (Lipinski definition) is 2. The number of nitrogens with zero attached hydrogens (tertiary/aromatic N) is 1. The molecule has 3 rings (SSSR count). The third-order valence-electron chi connectivity index (χ3n) is 4.27. The van der Waals surface area contributed by atoms with E-state index in [2.05, 4.69) is 5.32 Å². The third-order valence-corrected chi connectivity index (χ3v) is 5.48. The number of nitrogens with two attached hydrogens (primary N) is 1. The van der Waals surface area contributed by atoms with E-state index in [-0.39, 0.29) is 16.8 Å². The van der Waals surface area contributed by atoms with Gasteiger partial charge in [0.15, 0.2) is 0 Å². The van der Waals surface area contributed by atoms with Gasteiger partial charge in [0.2, 0.25) is 0 Å². The first kappa shape index (κ1) is 19.2. The van der Waals surface area contributed by atoms with Crippen molar-refractivity contribution in [2.75, 3.05) is 5.32 Å². The maximum atomic E-state index is 12.6. The van der Waals surface area contributed by atoms with E-state index in [1.54, 1.807) is 6.92 Å². The zero-order valence-electron chi connectivity index (χ0n) is 15.0. The number of nitrogens with one attached hydrogen (secondary N) is 1. The van der Waals surface area contributed by atoms with Gasteiger partial charge in [0.25, 0.3) is 17.5 Å². The number of carbonyl (C=O) groups excluding carboxylic acids is 2. The summed E-state index contributed by atoms with van der Waals surface area (Å²) in [6.07, 6.45) is 0.582. The van der Waals surface area contributed by atoms with Gasteiger partial charge in [-0.05, 0) is 24.1 Å². The average molecular weight is 395 g/mol. The average Bonchev–Trinajstić information content (AvgIpc) is 2.97. The minimum Gasteiger partial charge on any atom is -0.365 e. The van der Waals surface area contributed by atoms with Gasteiger partial charge in [-0.3, -0.25) is 19.7 Å². The summed E-state index contributed by atoms with van der Waals surface area (Å²) in [4.78, 5) is 36.0. The lowest BCUT2D eigenvalue weighted by Gasteiger charge is -2.05. The number of benzene rings is 2. The summed E-state index contributed by atoms with van der Waals surface area (Å²) in [5.74, 6) is -1.33. The van der Waals surface area contributed by atoms with Crippen molar-refractivity contribution in [2.45, 2.75) is 13.3 Å². The van der Waals surface area contributed by atoms with E-state index in [1.807, 2.05) is 30.3 Å². The highest BCUT2D eigenvalue weighted by Gasteiger charge is 2.24. The molecule has 7 nitrogen and oxygen atoms in total. The Morgan fingerprint density at radius 1 is 1.11 bits per heavy atom. The molecule has 0 fully saturated rings. The van der Waals surface area contributed by atoms with Crippen LogP contribution in [0, 0.1) is 17.0 Å². The van der Waals surface area contributed by atoms with Crippen LogP contribution in [0.1, 0.15) is 36.7 Å². The van der Waals surface area contributed by atoms with Gasteiger partial charge in [0.1, 0.15) is 10.6 Å². The van der Waals surface area contributed by atoms with Gasteiger partial charge in [-0.2, -0.15) is 0 Å². The van der Waals surface area contributed by atoms with Crippen LogP contribution in [0.3, 0.4) is 0 Å². The molecule has 0 saturated carbocycles. The predicted molar refractivity (Wildman–Crippen MR) is 108 cm³/mol. The van der Waals surface area contributed by atoms with Gasteiger partial charge in [-0.15, -0.1) is 11.3 Å². The smallest absolute Gasteiger partial charge is 0.282 e. The summed E-state index contributed by atoms with van der Waals surface area (Å²) in [5.41, 5.74) is 7.10. The van der Waals surface area contributed by atoms with Crippen LogP contribution in [-0.2, 0) is 6.42 Å². The van der Waals surface area contributed by atoms with Crippen molar-refractivity contribution in [3.8, 4) is 0 Å². The predicted octanol–water partition coefficient (Wildman–Crippen LogP) is 3.91. The van der Waals surface area contributed by atoms with Crippen molar-refractivity contribution >= 4 is 33.8 Å². The molecule has 0 unspecified atom stereocenters. The summed E-state index contributed by atoms with van der Waals surface area (Å²) in [6.45, 7) is 1.77. The quantitative estimate of drug-likeness (QED) is 0.486. The standard InChI is InChI=1S/C20H17N3O4S/c1-12-16(11-13-7-3-2-4-8-13)28-20(17(12)18(21)24)22-19(25)14-9-5-6-10-15(14)23(26)27/h2-10H,11H2,1H3,(H2,21,24)(H,22,25). The first-order valence-corrected chi connectivity index (χ1v) is 9.21. The SMILES string of the molecule is Cc1c(Cc2ccccc2)sc(NC(=O)c2ccccc2[N+](=O)[O-])c1C(N)=O. The fourth-order valence-electron chi connectivity index (χ4n) is 2.89. The van der Waals surface area contributed by atoms with Crippen LogP contribution in [0.5, 0.6) is 0 Å². The molecule has 3 aromatic rings. The highest BCUT2D eigenvalue weighted by Crippen LogP contribution is 2.35. The van der Waals surface area contributed by atoms with Gasteiger partial charge in [0, 0.05) is 17.4 Å². The molecule has 142 valence electrons. The summed E-state index contributed by atoms with van der Waals surface area (Å²) in [6, 6.07) is 15.3. The largest absolute Gasteiger partial charge is 0.365 e. The summed E-state index contributed by atoms with van der Waals surface area (Å²) in [7, 11) is 0. The van der Waals surface area contributed by atoms with E-state index in [0.29, 0.717) is 17.0 Å². The topological polar surface area (TPSA) is 115 Å².